The molecule has 25 heavy (non-hydrogen) atoms. The maximum absolute atomic E-state index is 12.4. The fourth-order valence-corrected chi connectivity index (χ4v) is 2.10. The third kappa shape index (κ3) is 4.92. The number of nitrogens with zero attached hydrogens (tertiary/aromatic N) is 1. The van der Waals surface area contributed by atoms with Crippen LogP contribution < -0.4 is 10.1 Å². The molecule has 0 aromatic heterocycles. The summed E-state index contributed by atoms with van der Waals surface area (Å²) in [4.78, 5) is 24.1. The standard InChI is InChI=1S/C20H20N2O3/c1-13(2)20(24)22-17-8-6-16(7-9-17)19(23)14(3)25-18-10-4-15(12-21)5-11-18/h4-11,13-14H,1-3H3,(H,22,24). The molecule has 0 spiro atoms. The molecule has 128 valence electrons. The molecule has 5 nitrogen and oxygen atoms in total. The van der Waals surface area contributed by atoms with Crippen LogP contribution in [0, 0.1) is 17.2 Å². The first-order valence-electron chi connectivity index (χ1n) is 8.02. The smallest absolute Gasteiger partial charge is 0.226 e. The Kier molecular flexibility index (Phi) is 5.91. The normalized spacial score (nSPS) is 11.5. The molecule has 5 heteroatoms. The first-order valence-corrected chi connectivity index (χ1v) is 8.02. The van der Waals surface area contributed by atoms with Gasteiger partial charge >= 0.3 is 0 Å². The van der Waals surface area contributed by atoms with E-state index in [-0.39, 0.29) is 17.6 Å². The van der Waals surface area contributed by atoms with Crippen LogP contribution in [0.5, 0.6) is 5.75 Å². The molecular weight excluding hydrogens is 316 g/mol. The topological polar surface area (TPSA) is 79.2 Å². The van der Waals surface area contributed by atoms with Gasteiger partial charge in [-0.25, -0.2) is 0 Å². The van der Waals surface area contributed by atoms with Crippen molar-refractivity contribution in [3.05, 3.63) is 59.7 Å². The number of ether oxygens (including phenoxy) is 1. The first kappa shape index (κ1) is 18.2. The Bertz CT molecular complexity index is 787. The van der Waals surface area contributed by atoms with Crippen LogP contribution >= 0.6 is 0 Å². The minimum atomic E-state index is -0.663. The van der Waals surface area contributed by atoms with Crippen LogP contribution in [0.25, 0.3) is 0 Å². The molecule has 1 unspecified atom stereocenters. The van der Waals surface area contributed by atoms with Crippen LogP contribution in [0.3, 0.4) is 0 Å². The van der Waals surface area contributed by atoms with Crippen LogP contribution in [0.4, 0.5) is 5.69 Å². The second-order valence-electron chi connectivity index (χ2n) is 5.98. The van der Waals surface area contributed by atoms with E-state index in [0.29, 0.717) is 22.6 Å². The number of ketones is 1. The van der Waals surface area contributed by atoms with Gasteiger partial charge in [0.1, 0.15) is 5.75 Å². The van der Waals surface area contributed by atoms with Gasteiger partial charge in [0.15, 0.2) is 6.10 Å². The molecule has 0 radical (unpaired) electrons. The number of hydrogen-bond acceptors (Lipinski definition) is 4. The molecule has 0 aliphatic carbocycles. The Hall–Kier alpha value is -3.13. The number of amides is 1. The van der Waals surface area contributed by atoms with Gasteiger partial charge in [0.25, 0.3) is 0 Å². The predicted molar refractivity (Wildman–Crippen MR) is 95.5 cm³/mol. The quantitative estimate of drug-likeness (QED) is 0.814. The maximum Gasteiger partial charge on any atom is 0.226 e. The van der Waals surface area contributed by atoms with E-state index >= 15 is 0 Å². The van der Waals surface area contributed by atoms with E-state index in [4.69, 9.17) is 10.00 Å². The first-order chi connectivity index (χ1) is 11.9. The van der Waals surface area contributed by atoms with Crippen LogP contribution in [-0.4, -0.2) is 17.8 Å². The van der Waals surface area contributed by atoms with Crippen molar-refractivity contribution in [3.8, 4) is 11.8 Å². The second kappa shape index (κ2) is 8.11. The fraction of sp³-hybridized carbons (Fsp3) is 0.250. The summed E-state index contributed by atoms with van der Waals surface area (Å²) in [6.07, 6.45) is -0.663. The largest absolute Gasteiger partial charge is 0.483 e. The molecule has 2 rings (SSSR count). The summed E-state index contributed by atoms with van der Waals surface area (Å²) in [5.74, 6) is 0.186. The molecule has 2 aromatic rings. The minimum Gasteiger partial charge on any atom is -0.483 e. The summed E-state index contributed by atoms with van der Waals surface area (Å²) < 4.78 is 5.63. The fourth-order valence-electron chi connectivity index (χ4n) is 2.10. The van der Waals surface area contributed by atoms with Crippen molar-refractivity contribution in [1.82, 2.24) is 0 Å². The molecule has 0 heterocycles. The van der Waals surface area contributed by atoms with E-state index in [0.717, 1.165) is 0 Å². The second-order valence-corrected chi connectivity index (χ2v) is 5.98. The van der Waals surface area contributed by atoms with E-state index in [1.807, 2.05) is 19.9 Å². The van der Waals surface area contributed by atoms with Gasteiger partial charge in [0.05, 0.1) is 11.6 Å². The Labute approximate surface area is 147 Å². The summed E-state index contributed by atoms with van der Waals surface area (Å²) in [7, 11) is 0. The molecule has 2 aromatic carbocycles. The third-order valence-corrected chi connectivity index (χ3v) is 3.63. The highest BCUT2D eigenvalue weighted by Crippen LogP contribution is 2.17. The maximum atomic E-state index is 12.4. The molecule has 1 amide bonds. The van der Waals surface area contributed by atoms with Crippen molar-refractivity contribution in [2.45, 2.75) is 26.9 Å². The van der Waals surface area contributed by atoms with E-state index in [1.54, 1.807) is 55.5 Å². The van der Waals surface area contributed by atoms with Crippen LogP contribution in [-0.2, 0) is 4.79 Å². The van der Waals surface area contributed by atoms with Crippen molar-refractivity contribution >= 4 is 17.4 Å². The average Bonchev–Trinajstić information content (AvgIpc) is 2.62. The highest BCUT2D eigenvalue weighted by Gasteiger charge is 2.17. The lowest BCUT2D eigenvalue weighted by molar-refractivity contribution is -0.118. The lowest BCUT2D eigenvalue weighted by Gasteiger charge is -2.14. The van der Waals surface area contributed by atoms with Gasteiger partial charge in [-0.15, -0.1) is 0 Å². The van der Waals surface area contributed by atoms with Gasteiger partial charge < -0.3 is 10.1 Å². The summed E-state index contributed by atoms with van der Waals surface area (Å²) in [6, 6.07) is 15.3. The zero-order valence-corrected chi connectivity index (χ0v) is 14.4. The lowest BCUT2D eigenvalue weighted by atomic mass is 10.1. The third-order valence-electron chi connectivity index (χ3n) is 3.63. The van der Waals surface area contributed by atoms with Crippen molar-refractivity contribution in [2.24, 2.45) is 5.92 Å². The zero-order chi connectivity index (χ0) is 18.4. The summed E-state index contributed by atoms with van der Waals surface area (Å²) >= 11 is 0. The Morgan fingerprint density at radius 1 is 1.00 bits per heavy atom. The van der Waals surface area contributed by atoms with E-state index in [2.05, 4.69) is 5.32 Å². The average molecular weight is 336 g/mol. The van der Waals surface area contributed by atoms with Gasteiger partial charge in [-0.3, -0.25) is 9.59 Å². The number of carbonyl (C=O) groups excluding carboxylic acids is 2. The Balaban J connectivity index is 2.01. The summed E-state index contributed by atoms with van der Waals surface area (Å²) in [6.45, 7) is 5.31. The number of anilines is 1. The SMILES string of the molecule is CC(C)C(=O)Nc1ccc(C(=O)C(C)Oc2ccc(C#N)cc2)cc1. The van der Waals surface area contributed by atoms with Gasteiger partial charge in [0.2, 0.25) is 11.7 Å². The molecule has 0 saturated heterocycles. The minimum absolute atomic E-state index is 0.0726. The van der Waals surface area contributed by atoms with Gasteiger partial charge in [-0.2, -0.15) is 5.26 Å². The monoisotopic (exact) mass is 336 g/mol. The lowest BCUT2D eigenvalue weighted by Crippen LogP contribution is -2.24. The van der Waals surface area contributed by atoms with Gasteiger partial charge in [0, 0.05) is 17.2 Å². The molecule has 0 saturated carbocycles. The number of nitriles is 1. The number of carbonyl (C=O) groups is 2. The van der Waals surface area contributed by atoms with Crippen LogP contribution in [0.1, 0.15) is 36.7 Å². The van der Waals surface area contributed by atoms with Crippen molar-refractivity contribution < 1.29 is 14.3 Å². The highest BCUT2D eigenvalue weighted by atomic mass is 16.5. The zero-order valence-electron chi connectivity index (χ0n) is 14.4. The Morgan fingerprint density at radius 2 is 1.60 bits per heavy atom. The summed E-state index contributed by atoms with van der Waals surface area (Å²) in [5, 5.41) is 11.6. The van der Waals surface area contributed by atoms with Crippen LogP contribution in [0.2, 0.25) is 0 Å². The molecule has 1 N–H and O–H groups in total. The molecule has 0 fully saturated rings. The molecule has 0 aliphatic heterocycles. The van der Waals surface area contributed by atoms with E-state index < -0.39 is 6.10 Å². The van der Waals surface area contributed by atoms with E-state index in [9.17, 15) is 9.59 Å². The molecular formula is C20H20N2O3. The van der Waals surface area contributed by atoms with Crippen molar-refractivity contribution in [2.75, 3.05) is 5.32 Å². The predicted octanol–water partition coefficient (Wildman–Crippen LogP) is 3.80. The van der Waals surface area contributed by atoms with Crippen molar-refractivity contribution in [3.63, 3.8) is 0 Å². The molecule has 0 aliphatic rings. The van der Waals surface area contributed by atoms with Crippen molar-refractivity contribution in [1.29, 1.82) is 5.26 Å². The Morgan fingerprint density at radius 3 is 2.12 bits per heavy atom. The number of benzene rings is 2. The van der Waals surface area contributed by atoms with Crippen LogP contribution in [0.15, 0.2) is 48.5 Å². The number of rotatable bonds is 6. The van der Waals surface area contributed by atoms with Gasteiger partial charge in [-0.1, -0.05) is 13.8 Å². The summed E-state index contributed by atoms with van der Waals surface area (Å²) in [5.41, 5.74) is 1.69. The van der Waals surface area contributed by atoms with Gasteiger partial charge in [-0.05, 0) is 55.5 Å². The number of Topliss-reactive ketones (excluding diaryl/α,β-unsaturated/α-hetero) is 1. The number of nitrogens with one attached hydrogen (secondary N) is 1. The molecule has 0 bridgehead atoms. The number of hydrogen-bond donors (Lipinski definition) is 1. The van der Waals surface area contributed by atoms with E-state index in [1.165, 1.54) is 0 Å². The molecule has 1 atom stereocenters. The highest BCUT2D eigenvalue weighted by molar-refractivity contribution is 6.00.